The van der Waals surface area contributed by atoms with E-state index in [0.29, 0.717) is 23.4 Å². The summed E-state index contributed by atoms with van der Waals surface area (Å²) in [6, 6.07) is 6.99. The lowest BCUT2D eigenvalue weighted by Crippen LogP contribution is -2.49. The Morgan fingerprint density at radius 1 is 1.17 bits per heavy atom. The van der Waals surface area contributed by atoms with Crippen molar-refractivity contribution in [1.82, 2.24) is 0 Å². The van der Waals surface area contributed by atoms with E-state index in [0.717, 1.165) is 0 Å². The van der Waals surface area contributed by atoms with Crippen LogP contribution >= 0.6 is 0 Å². The first-order valence-corrected chi connectivity index (χ1v) is 9.96. The monoisotopic (exact) mass is 410 g/mol. The van der Waals surface area contributed by atoms with Crippen molar-refractivity contribution in [3.8, 4) is 0 Å². The maximum atomic E-state index is 13.5. The van der Waals surface area contributed by atoms with Crippen LogP contribution in [0.4, 0.5) is 5.69 Å². The van der Waals surface area contributed by atoms with Gasteiger partial charge in [0.15, 0.2) is 11.2 Å². The Balaban J connectivity index is 2.03. The molecule has 2 heterocycles. The number of allylic oxidation sites excluding steroid dienone is 1. The number of anilines is 1. The highest BCUT2D eigenvalue weighted by molar-refractivity contribution is 6.18. The number of fused-ring (bicyclic) bond motifs is 3. The first-order chi connectivity index (χ1) is 13.9. The number of nitrogens with one attached hydrogen (secondary N) is 1. The minimum absolute atomic E-state index is 0.0220. The normalized spacial score (nSPS) is 25.0. The van der Waals surface area contributed by atoms with Gasteiger partial charge in [0.25, 0.3) is 0 Å². The number of carbonyl (C=O) groups is 3. The lowest BCUT2D eigenvalue weighted by molar-refractivity contribution is -0.153. The van der Waals surface area contributed by atoms with E-state index in [4.69, 9.17) is 15.2 Å². The van der Waals surface area contributed by atoms with Gasteiger partial charge in [-0.05, 0) is 32.3 Å². The van der Waals surface area contributed by atoms with E-state index in [9.17, 15) is 14.4 Å². The van der Waals surface area contributed by atoms with Crippen LogP contribution < -0.4 is 11.1 Å². The van der Waals surface area contributed by atoms with Crippen molar-refractivity contribution < 1.29 is 23.9 Å². The van der Waals surface area contributed by atoms with Gasteiger partial charge in [0.1, 0.15) is 22.8 Å². The van der Waals surface area contributed by atoms with Crippen LogP contribution in [0.1, 0.15) is 53.0 Å². The van der Waals surface area contributed by atoms with E-state index in [2.05, 4.69) is 5.32 Å². The van der Waals surface area contributed by atoms with E-state index >= 15 is 0 Å². The van der Waals surface area contributed by atoms with Gasteiger partial charge in [-0.3, -0.25) is 4.79 Å². The topological polar surface area (TPSA) is 108 Å². The van der Waals surface area contributed by atoms with Gasteiger partial charge in [-0.2, -0.15) is 0 Å². The maximum Gasteiger partial charge on any atom is 0.340 e. The number of esters is 2. The fraction of sp³-hybridized carbons (Fsp3) is 0.435. The maximum absolute atomic E-state index is 13.5. The minimum atomic E-state index is -1.74. The highest BCUT2D eigenvalue weighted by atomic mass is 16.6. The van der Waals surface area contributed by atoms with E-state index in [1.807, 2.05) is 13.8 Å². The van der Waals surface area contributed by atoms with Crippen LogP contribution in [0.3, 0.4) is 0 Å². The summed E-state index contributed by atoms with van der Waals surface area (Å²) in [4.78, 5) is 40.2. The molecule has 7 heteroatoms. The van der Waals surface area contributed by atoms with Crippen molar-refractivity contribution in [3.05, 3.63) is 52.6 Å². The van der Waals surface area contributed by atoms with E-state index in [-0.39, 0.29) is 34.6 Å². The second-order valence-electron chi connectivity index (χ2n) is 9.84. The molecule has 3 N–H and O–H groups in total. The molecule has 7 nitrogen and oxygen atoms in total. The number of benzene rings is 1. The number of ketones is 1. The molecule has 1 atom stereocenters. The number of ether oxygens (including phenoxy) is 2. The Kier molecular flexibility index (Phi) is 4.18. The van der Waals surface area contributed by atoms with Crippen LogP contribution in [-0.2, 0) is 29.3 Å². The molecule has 1 aliphatic carbocycles. The fourth-order valence-corrected chi connectivity index (χ4v) is 4.59. The Morgan fingerprint density at radius 2 is 1.83 bits per heavy atom. The highest BCUT2D eigenvalue weighted by Gasteiger charge is 2.64. The van der Waals surface area contributed by atoms with E-state index < -0.39 is 23.0 Å². The highest BCUT2D eigenvalue weighted by Crippen LogP contribution is 2.56. The van der Waals surface area contributed by atoms with Gasteiger partial charge in [0, 0.05) is 24.1 Å². The van der Waals surface area contributed by atoms with Crippen molar-refractivity contribution in [1.29, 1.82) is 0 Å². The Morgan fingerprint density at radius 3 is 2.50 bits per heavy atom. The molecule has 0 unspecified atom stereocenters. The molecule has 0 saturated heterocycles. The van der Waals surface area contributed by atoms with Crippen molar-refractivity contribution in [2.24, 2.45) is 11.1 Å². The Hall–Kier alpha value is -3.09. The number of rotatable bonds is 1. The molecule has 1 aromatic rings. The molecule has 4 rings (SSSR count). The molecule has 1 spiro atoms. The smallest absolute Gasteiger partial charge is 0.340 e. The fourth-order valence-electron chi connectivity index (χ4n) is 4.59. The van der Waals surface area contributed by atoms with E-state index in [1.54, 1.807) is 45.0 Å². The molecule has 30 heavy (non-hydrogen) atoms. The molecular weight excluding hydrogens is 384 g/mol. The molecule has 0 fully saturated rings. The summed E-state index contributed by atoms with van der Waals surface area (Å²) in [5.41, 5.74) is 4.48. The van der Waals surface area contributed by atoms with Gasteiger partial charge in [0.2, 0.25) is 0 Å². The zero-order valence-electron chi connectivity index (χ0n) is 17.8. The molecule has 0 aromatic heterocycles. The molecule has 1 aromatic carbocycles. The number of para-hydroxylation sites is 1. The van der Waals surface area contributed by atoms with Crippen LogP contribution in [0.15, 0.2) is 47.0 Å². The molecule has 3 aliphatic rings. The first kappa shape index (κ1) is 20.2. The molecule has 0 radical (unpaired) electrons. The third-order valence-electron chi connectivity index (χ3n) is 5.58. The summed E-state index contributed by atoms with van der Waals surface area (Å²) < 4.78 is 11.3. The van der Waals surface area contributed by atoms with Gasteiger partial charge >= 0.3 is 11.9 Å². The zero-order valence-corrected chi connectivity index (χ0v) is 17.8. The quantitative estimate of drug-likeness (QED) is 0.685. The van der Waals surface area contributed by atoms with Gasteiger partial charge in [-0.15, -0.1) is 0 Å². The SMILES string of the molecule is CC1(C)CC(=O)C2=C(C1)OC(=O)[C@@]21C(C(=O)OC(C)(C)C)=C(N)Nc2ccccc21. The zero-order chi connectivity index (χ0) is 22.1. The number of Topliss-reactive ketones (excluding diaryl/α,β-unsaturated/α-hetero) is 1. The summed E-state index contributed by atoms with van der Waals surface area (Å²) >= 11 is 0. The average Bonchev–Trinajstić information content (AvgIpc) is 2.84. The van der Waals surface area contributed by atoms with Gasteiger partial charge in [-0.25, -0.2) is 9.59 Å². The minimum Gasteiger partial charge on any atom is -0.456 e. The third kappa shape index (κ3) is 2.83. The number of hydrogen-bond donors (Lipinski definition) is 2. The summed E-state index contributed by atoms with van der Waals surface area (Å²) in [5, 5.41) is 2.99. The predicted molar refractivity (Wildman–Crippen MR) is 110 cm³/mol. The summed E-state index contributed by atoms with van der Waals surface area (Å²) in [7, 11) is 0. The van der Waals surface area contributed by atoms with Crippen molar-refractivity contribution in [3.63, 3.8) is 0 Å². The lowest BCUT2D eigenvalue weighted by atomic mass is 9.62. The van der Waals surface area contributed by atoms with Crippen LogP contribution in [0.5, 0.6) is 0 Å². The Labute approximate surface area is 175 Å². The molecule has 0 bridgehead atoms. The number of hydrogen-bond acceptors (Lipinski definition) is 7. The second-order valence-corrected chi connectivity index (χ2v) is 9.84. The van der Waals surface area contributed by atoms with Crippen LogP contribution in [-0.4, -0.2) is 23.3 Å². The first-order valence-electron chi connectivity index (χ1n) is 9.96. The van der Waals surface area contributed by atoms with Gasteiger partial charge in [0.05, 0.1) is 5.57 Å². The van der Waals surface area contributed by atoms with Gasteiger partial charge in [-0.1, -0.05) is 32.0 Å². The summed E-state index contributed by atoms with van der Waals surface area (Å²) in [6.45, 7) is 9.07. The molecule has 158 valence electrons. The number of nitrogens with two attached hydrogens (primary N) is 1. The predicted octanol–water partition coefficient (Wildman–Crippen LogP) is 3.06. The molecule has 0 amide bonds. The lowest BCUT2D eigenvalue weighted by Gasteiger charge is -2.38. The third-order valence-corrected chi connectivity index (χ3v) is 5.58. The van der Waals surface area contributed by atoms with Crippen molar-refractivity contribution in [2.45, 2.75) is 58.5 Å². The van der Waals surface area contributed by atoms with E-state index in [1.165, 1.54) is 0 Å². The van der Waals surface area contributed by atoms with Crippen molar-refractivity contribution in [2.75, 3.05) is 5.32 Å². The summed E-state index contributed by atoms with van der Waals surface area (Å²) in [5.74, 6) is -1.39. The molecule has 0 saturated carbocycles. The Bertz CT molecular complexity index is 1060. The average molecular weight is 410 g/mol. The van der Waals surface area contributed by atoms with Crippen LogP contribution in [0.2, 0.25) is 0 Å². The summed E-state index contributed by atoms with van der Waals surface area (Å²) in [6.07, 6.45) is 0.653. The second kappa shape index (κ2) is 6.20. The number of carbonyl (C=O) groups excluding carboxylic acids is 3. The van der Waals surface area contributed by atoms with Crippen molar-refractivity contribution >= 4 is 23.4 Å². The standard InChI is InChI=1S/C23H26N2O5/c1-21(2,3)30-19(27)17-18(24)25-13-9-7-6-8-12(13)23(17)16-14(26)10-22(4,5)11-15(16)29-20(23)28/h6-9,25H,10-11,24H2,1-5H3/t23-/m1/s1. The van der Waals surface area contributed by atoms with Crippen LogP contribution in [0.25, 0.3) is 0 Å². The van der Waals surface area contributed by atoms with Gasteiger partial charge < -0.3 is 20.5 Å². The molecule has 2 aliphatic heterocycles. The largest absolute Gasteiger partial charge is 0.456 e. The van der Waals surface area contributed by atoms with Crippen LogP contribution in [0, 0.1) is 5.41 Å². The molecular formula is C23H26N2O5.